The third-order valence-electron chi connectivity index (χ3n) is 2.69. The molecule has 2 rings (SSSR count). The first-order valence-electron chi connectivity index (χ1n) is 5.95. The molecule has 2 aromatic rings. The molecule has 0 aliphatic rings. The normalized spacial score (nSPS) is 12.9. The Hall–Kier alpha value is -1.13. The summed E-state index contributed by atoms with van der Waals surface area (Å²) >= 11 is 1.74. The van der Waals surface area contributed by atoms with Gasteiger partial charge in [-0.3, -0.25) is 0 Å². The highest BCUT2D eigenvalue weighted by Gasteiger charge is 2.14. The van der Waals surface area contributed by atoms with Crippen molar-refractivity contribution in [2.75, 3.05) is 6.54 Å². The summed E-state index contributed by atoms with van der Waals surface area (Å²) in [6, 6.07) is 2.32. The van der Waals surface area contributed by atoms with Crippen LogP contribution < -0.4 is 5.32 Å². The van der Waals surface area contributed by atoms with Gasteiger partial charge in [-0.15, -0.1) is 11.3 Å². The lowest BCUT2D eigenvalue weighted by molar-refractivity contribution is 0.568. The predicted octanol–water partition coefficient (Wildman–Crippen LogP) is 3.77. The second kappa shape index (κ2) is 5.47. The van der Waals surface area contributed by atoms with Crippen LogP contribution in [0, 0.1) is 6.92 Å². The van der Waals surface area contributed by atoms with Crippen molar-refractivity contribution < 1.29 is 4.42 Å². The minimum Gasteiger partial charge on any atom is -0.472 e. The Kier molecular flexibility index (Phi) is 3.97. The second-order valence-electron chi connectivity index (χ2n) is 4.16. The Labute approximate surface area is 106 Å². The van der Waals surface area contributed by atoms with Crippen molar-refractivity contribution in [3.8, 4) is 10.6 Å². The first-order chi connectivity index (χ1) is 8.22. The molecule has 1 N–H and O–H groups in total. The summed E-state index contributed by atoms with van der Waals surface area (Å²) in [5, 5.41) is 4.53. The summed E-state index contributed by atoms with van der Waals surface area (Å²) < 4.78 is 5.09. The summed E-state index contributed by atoms with van der Waals surface area (Å²) in [7, 11) is 0. The number of hydrogen-bond acceptors (Lipinski definition) is 4. The van der Waals surface area contributed by atoms with Crippen LogP contribution >= 0.6 is 11.3 Å². The lowest BCUT2D eigenvalue weighted by Gasteiger charge is -2.11. The molecule has 1 atom stereocenters. The molecular formula is C13H18N2OS. The Morgan fingerprint density at radius 2 is 2.35 bits per heavy atom. The summed E-state index contributed by atoms with van der Waals surface area (Å²) in [4.78, 5) is 5.92. The van der Waals surface area contributed by atoms with Crippen LogP contribution in [0.25, 0.3) is 10.6 Å². The highest BCUT2D eigenvalue weighted by atomic mass is 32.1. The largest absolute Gasteiger partial charge is 0.472 e. The first-order valence-corrected chi connectivity index (χ1v) is 6.77. The molecule has 0 saturated heterocycles. The number of nitrogens with one attached hydrogen (secondary N) is 1. The first kappa shape index (κ1) is 12.3. The van der Waals surface area contributed by atoms with E-state index in [0.717, 1.165) is 29.2 Å². The molecule has 4 heteroatoms. The fourth-order valence-corrected chi connectivity index (χ4v) is 2.85. The van der Waals surface area contributed by atoms with E-state index in [-0.39, 0.29) is 0 Å². The van der Waals surface area contributed by atoms with Gasteiger partial charge in [0.2, 0.25) is 0 Å². The topological polar surface area (TPSA) is 38.1 Å². The van der Waals surface area contributed by atoms with Crippen molar-refractivity contribution in [2.45, 2.75) is 33.2 Å². The van der Waals surface area contributed by atoms with Gasteiger partial charge in [-0.25, -0.2) is 4.98 Å². The fourth-order valence-electron chi connectivity index (χ4n) is 1.77. The molecule has 0 aromatic carbocycles. The average Bonchev–Trinajstić information content (AvgIpc) is 2.94. The number of aromatic nitrogens is 1. The van der Waals surface area contributed by atoms with Crippen LogP contribution in [-0.4, -0.2) is 11.5 Å². The molecule has 92 valence electrons. The SMILES string of the molecule is CCCNC(C)c1sc(-c2ccoc2)nc1C. The van der Waals surface area contributed by atoms with Crippen LogP contribution in [0.4, 0.5) is 0 Å². The molecule has 0 fully saturated rings. The Bertz CT molecular complexity index is 462. The smallest absolute Gasteiger partial charge is 0.127 e. The lowest BCUT2D eigenvalue weighted by Crippen LogP contribution is -2.18. The zero-order chi connectivity index (χ0) is 12.3. The van der Waals surface area contributed by atoms with Crippen LogP contribution in [0.2, 0.25) is 0 Å². The Morgan fingerprint density at radius 1 is 1.53 bits per heavy atom. The van der Waals surface area contributed by atoms with Crippen LogP contribution in [0.1, 0.15) is 36.9 Å². The van der Waals surface area contributed by atoms with Gasteiger partial charge in [-0.05, 0) is 32.9 Å². The highest BCUT2D eigenvalue weighted by molar-refractivity contribution is 7.15. The standard InChI is InChI=1S/C13H18N2OS/c1-4-6-14-9(2)12-10(3)15-13(17-12)11-5-7-16-8-11/h5,7-9,14H,4,6H2,1-3H3. The molecular weight excluding hydrogens is 232 g/mol. The number of aryl methyl sites for hydroxylation is 1. The van der Waals surface area contributed by atoms with Crippen molar-refractivity contribution in [2.24, 2.45) is 0 Å². The maximum atomic E-state index is 5.09. The van der Waals surface area contributed by atoms with Crippen LogP contribution in [-0.2, 0) is 0 Å². The van der Waals surface area contributed by atoms with Gasteiger partial charge in [-0.1, -0.05) is 6.92 Å². The molecule has 0 bridgehead atoms. The van der Waals surface area contributed by atoms with Crippen LogP contribution in [0.15, 0.2) is 23.0 Å². The maximum absolute atomic E-state index is 5.09. The van der Waals surface area contributed by atoms with Crippen molar-refractivity contribution in [1.82, 2.24) is 10.3 Å². The van der Waals surface area contributed by atoms with Gasteiger partial charge in [0, 0.05) is 16.5 Å². The summed E-state index contributed by atoms with van der Waals surface area (Å²) in [6.07, 6.45) is 4.58. The van der Waals surface area contributed by atoms with Gasteiger partial charge in [-0.2, -0.15) is 0 Å². The Morgan fingerprint density at radius 3 is 3.00 bits per heavy atom. The van der Waals surface area contributed by atoms with E-state index in [2.05, 4.69) is 31.1 Å². The van der Waals surface area contributed by atoms with Crippen molar-refractivity contribution in [3.05, 3.63) is 29.2 Å². The van der Waals surface area contributed by atoms with E-state index in [1.54, 1.807) is 23.9 Å². The number of hydrogen-bond donors (Lipinski definition) is 1. The number of furan rings is 1. The van der Waals surface area contributed by atoms with E-state index < -0.39 is 0 Å². The monoisotopic (exact) mass is 250 g/mol. The van der Waals surface area contributed by atoms with E-state index in [1.165, 1.54) is 4.88 Å². The van der Waals surface area contributed by atoms with E-state index >= 15 is 0 Å². The van der Waals surface area contributed by atoms with Crippen LogP contribution in [0.5, 0.6) is 0 Å². The summed E-state index contributed by atoms with van der Waals surface area (Å²) in [6.45, 7) is 7.48. The third kappa shape index (κ3) is 2.76. The molecule has 1 unspecified atom stereocenters. The van der Waals surface area contributed by atoms with E-state index in [1.807, 2.05) is 6.07 Å². The van der Waals surface area contributed by atoms with E-state index in [9.17, 15) is 0 Å². The lowest BCUT2D eigenvalue weighted by atomic mass is 10.2. The van der Waals surface area contributed by atoms with Crippen LogP contribution in [0.3, 0.4) is 0 Å². The molecule has 0 saturated carbocycles. The van der Waals surface area contributed by atoms with Gasteiger partial charge in [0.05, 0.1) is 12.0 Å². The average molecular weight is 250 g/mol. The number of thiazole rings is 1. The van der Waals surface area contributed by atoms with Crippen molar-refractivity contribution in [3.63, 3.8) is 0 Å². The molecule has 0 spiro atoms. The molecule has 17 heavy (non-hydrogen) atoms. The predicted molar refractivity (Wildman–Crippen MR) is 71.3 cm³/mol. The van der Waals surface area contributed by atoms with Crippen molar-refractivity contribution in [1.29, 1.82) is 0 Å². The molecule has 0 aliphatic carbocycles. The molecule has 3 nitrogen and oxygen atoms in total. The summed E-state index contributed by atoms with van der Waals surface area (Å²) in [5.41, 5.74) is 2.18. The van der Waals surface area contributed by atoms with Gasteiger partial charge in [0.25, 0.3) is 0 Å². The molecule has 2 heterocycles. The molecule has 2 aromatic heterocycles. The summed E-state index contributed by atoms with van der Waals surface area (Å²) in [5.74, 6) is 0. The van der Waals surface area contributed by atoms with Crippen molar-refractivity contribution >= 4 is 11.3 Å². The van der Waals surface area contributed by atoms with Gasteiger partial charge in [0.15, 0.2) is 0 Å². The highest BCUT2D eigenvalue weighted by Crippen LogP contribution is 2.31. The molecule has 0 amide bonds. The van der Waals surface area contributed by atoms with Gasteiger partial charge < -0.3 is 9.73 Å². The molecule has 0 aliphatic heterocycles. The number of nitrogens with zero attached hydrogens (tertiary/aromatic N) is 1. The second-order valence-corrected chi connectivity index (χ2v) is 5.19. The quantitative estimate of drug-likeness (QED) is 0.877. The minimum atomic E-state index is 0.369. The zero-order valence-corrected chi connectivity index (χ0v) is 11.3. The Balaban J connectivity index is 2.19. The van der Waals surface area contributed by atoms with Gasteiger partial charge in [0.1, 0.15) is 11.3 Å². The maximum Gasteiger partial charge on any atom is 0.127 e. The number of rotatable bonds is 5. The van der Waals surface area contributed by atoms with E-state index in [0.29, 0.717) is 6.04 Å². The zero-order valence-electron chi connectivity index (χ0n) is 10.5. The minimum absolute atomic E-state index is 0.369. The van der Waals surface area contributed by atoms with E-state index in [4.69, 9.17) is 4.42 Å². The fraction of sp³-hybridized carbons (Fsp3) is 0.462. The van der Waals surface area contributed by atoms with Gasteiger partial charge >= 0.3 is 0 Å². The molecule has 0 radical (unpaired) electrons. The third-order valence-corrected chi connectivity index (χ3v) is 4.08.